The molecule has 1 heterocycles. The van der Waals surface area contributed by atoms with Crippen LogP contribution in [0.2, 0.25) is 0 Å². The van der Waals surface area contributed by atoms with Gasteiger partial charge in [0.25, 0.3) is 0 Å². The van der Waals surface area contributed by atoms with Crippen molar-refractivity contribution in [2.24, 2.45) is 0 Å². The van der Waals surface area contributed by atoms with Crippen molar-refractivity contribution in [1.82, 2.24) is 0 Å². The summed E-state index contributed by atoms with van der Waals surface area (Å²) in [6.45, 7) is 13.7. The van der Waals surface area contributed by atoms with E-state index in [-0.39, 0.29) is 8.67 Å². The molecule has 1 unspecified atom stereocenters. The standard InChI is InChI=1S/C44H47O2P/c1-7-27-21-29(9-3)39(30(10-4)22-27)37-25-33-17-13-15-19-35(33)41-42-36-20-16-14-18-34(36)26-38(44(42)46-47-45-43(37)41)40-31(11-5)23-28(8-2)24-32(40)12-6/h13,15,17-26,47H,7-12,14,16H2,1-6H3. The van der Waals surface area contributed by atoms with Crippen LogP contribution in [0.3, 0.4) is 0 Å². The van der Waals surface area contributed by atoms with Crippen LogP contribution in [0.25, 0.3) is 67.1 Å². The average Bonchev–Trinajstić information content (AvgIpc) is 3.34. The topological polar surface area (TPSA) is 26.3 Å². The van der Waals surface area contributed by atoms with E-state index < -0.39 is 0 Å². The van der Waals surface area contributed by atoms with Crippen LogP contribution in [-0.2, 0) is 38.5 Å². The largest absolute Gasteiger partial charge is 0.420 e. The third kappa shape index (κ3) is 5.36. The predicted octanol–water partition coefficient (Wildman–Crippen LogP) is 11.6. The number of benzene rings is 5. The molecule has 0 N–H and O–H groups in total. The minimum Gasteiger partial charge on any atom is -0.420 e. The van der Waals surface area contributed by atoms with E-state index in [2.05, 4.69) is 114 Å². The first-order valence-corrected chi connectivity index (χ1v) is 18.7. The molecule has 0 fully saturated rings. The van der Waals surface area contributed by atoms with Crippen molar-refractivity contribution in [3.8, 4) is 22.3 Å². The van der Waals surface area contributed by atoms with E-state index in [1.54, 1.807) is 0 Å². The lowest BCUT2D eigenvalue weighted by Gasteiger charge is -2.19. The third-order valence-corrected chi connectivity index (χ3v) is 10.9. The normalized spacial score (nSPS) is 12.9. The fourth-order valence-corrected chi connectivity index (χ4v) is 8.60. The van der Waals surface area contributed by atoms with Gasteiger partial charge in [0.1, 0.15) is 11.2 Å². The minimum absolute atomic E-state index is 0.143. The van der Waals surface area contributed by atoms with Crippen molar-refractivity contribution < 1.29 is 8.39 Å². The van der Waals surface area contributed by atoms with E-state index in [1.807, 2.05) is 0 Å². The van der Waals surface area contributed by atoms with E-state index in [1.165, 1.54) is 87.6 Å². The molecule has 0 saturated heterocycles. The summed E-state index contributed by atoms with van der Waals surface area (Å²) in [5, 5.41) is 7.40. The highest BCUT2D eigenvalue weighted by molar-refractivity contribution is 7.15. The second-order valence-corrected chi connectivity index (χ2v) is 13.5. The van der Waals surface area contributed by atoms with Gasteiger partial charge in [-0.05, 0) is 129 Å². The van der Waals surface area contributed by atoms with Crippen molar-refractivity contribution in [3.05, 3.63) is 104 Å². The maximum Gasteiger partial charge on any atom is 0.201 e. The van der Waals surface area contributed by atoms with Gasteiger partial charge >= 0.3 is 0 Å². The highest BCUT2D eigenvalue weighted by Gasteiger charge is 2.22. The van der Waals surface area contributed by atoms with Gasteiger partial charge in [0, 0.05) is 21.9 Å². The van der Waals surface area contributed by atoms with E-state index in [9.17, 15) is 0 Å². The Labute approximate surface area is 280 Å². The highest BCUT2D eigenvalue weighted by Crippen LogP contribution is 2.44. The van der Waals surface area contributed by atoms with Gasteiger partial charge in [0.05, 0.1) is 0 Å². The van der Waals surface area contributed by atoms with Gasteiger partial charge in [-0.3, -0.25) is 0 Å². The van der Waals surface area contributed by atoms with Crippen molar-refractivity contribution in [2.75, 3.05) is 0 Å². The Balaban J connectivity index is 1.74. The Bertz CT molecular complexity index is 2270. The molecule has 1 aliphatic carbocycles. The molecule has 0 amide bonds. The molecule has 0 saturated carbocycles. The lowest BCUT2D eigenvalue weighted by atomic mass is 9.85. The number of rotatable bonds is 8. The summed E-state index contributed by atoms with van der Waals surface area (Å²) in [6.07, 6.45) is 12.9. The zero-order valence-corrected chi connectivity index (χ0v) is 29.9. The van der Waals surface area contributed by atoms with Crippen LogP contribution in [0.5, 0.6) is 0 Å². The molecule has 0 bridgehead atoms. The van der Waals surface area contributed by atoms with E-state index in [0.717, 1.165) is 62.5 Å². The molecule has 5 aromatic carbocycles. The van der Waals surface area contributed by atoms with Crippen LogP contribution in [0.4, 0.5) is 0 Å². The van der Waals surface area contributed by atoms with Gasteiger partial charge in [0.2, 0.25) is 8.67 Å². The van der Waals surface area contributed by atoms with Crippen LogP contribution in [0.1, 0.15) is 87.8 Å². The first-order chi connectivity index (χ1) is 23.0. The van der Waals surface area contributed by atoms with Crippen molar-refractivity contribution >= 4 is 53.5 Å². The van der Waals surface area contributed by atoms with Crippen molar-refractivity contribution in [3.63, 3.8) is 0 Å². The summed E-state index contributed by atoms with van der Waals surface area (Å²) in [5.74, 6) is 0. The molecule has 1 atom stereocenters. The van der Waals surface area contributed by atoms with E-state index >= 15 is 0 Å². The van der Waals surface area contributed by atoms with Gasteiger partial charge < -0.3 is 8.39 Å². The quantitative estimate of drug-likeness (QED) is 0.166. The molecule has 2 nitrogen and oxygen atoms in total. The van der Waals surface area contributed by atoms with Gasteiger partial charge in [0.15, 0.2) is 0 Å². The molecular weight excluding hydrogens is 591 g/mol. The first kappa shape index (κ1) is 31.6. The highest BCUT2D eigenvalue weighted by atomic mass is 31.1. The van der Waals surface area contributed by atoms with Crippen LogP contribution in [0, 0.1) is 0 Å². The smallest absolute Gasteiger partial charge is 0.201 e. The summed E-state index contributed by atoms with van der Waals surface area (Å²) >= 11 is 0. The lowest BCUT2D eigenvalue weighted by Crippen LogP contribution is -2.28. The summed E-state index contributed by atoms with van der Waals surface area (Å²) in [4.78, 5) is 0. The number of hydrogen-bond acceptors (Lipinski definition) is 2. The molecule has 7 rings (SSSR count). The third-order valence-electron chi connectivity index (χ3n) is 10.4. The second kappa shape index (κ2) is 13.2. The molecule has 0 radical (unpaired) electrons. The van der Waals surface area contributed by atoms with Crippen LogP contribution >= 0.6 is 8.67 Å². The summed E-state index contributed by atoms with van der Waals surface area (Å²) in [7, 11) is -0.143. The predicted molar refractivity (Wildman–Crippen MR) is 205 cm³/mol. The monoisotopic (exact) mass is 638 g/mol. The van der Waals surface area contributed by atoms with Gasteiger partial charge in [-0.1, -0.05) is 102 Å². The van der Waals surface area contributed by atoms with Crippen molar-refractivity contribution in [2.45, 2.75) is 92.9 Å². The Morgan fingerprint density at radius 2 is 1.06 bits per heavy atom. The summed E-state index contributed by atoms with van der Waals surface area (Å²) in [6, 6.07) is 23.3. The van der Waals surface area contributed by atoms with E-state index in [0.29, 0.717) is 0 Å². The maximum atomic E-state index is 6.90. The zero-order valence-electron chi connectivity index (χ0n) is 28.9. The molecule has 47 heavy (non-hydrogen) atoms. The van der Waals surface area contributed by atoms with Gasteiger partial charge in [-0.15, -0.1) is 0 Å². The molecule has 3 heteroatoms. The molecule has 0 aliphatic heterocycles. The molecular formula is C44H47O2P. The summed E-state index contributed by atoms with van der Waals surface area (Å²) in [5.41, 5.74) is 15.4. The molecule has 0 spiro atoms. The number of aryl methyl sites for hydroxylation is 6. The summed E-state index contributed by atoms with van der Waals surface area (Å²) < 4.78 is 13.8. The fourth-order valence-electron chi connectivity index (χ4n) is 7.96. The average molecular weight is 639 g/mol. The maximum absolute atomic E-state index is 6.90. The van der Waals surface area contributed by atoms with Gasteiger partial charge in [-0.25, -0.2) is 0 Å². The fraction of sp³-hybridized carbons (Fsp3) is 0.318. The Morgan fingerprint density at radius 1 is 0.553 bits per heavy atom. The number of fused-ring (bicyclic) bond motifs is 7. The lowest BCUT2D eigenvalue weighted by molar-refractivity contribution is 0.663. The van der Waals surface area contributed by atoms with Crippen molar-refractivity contribution in [1.29, 1.82) is 0 Å². The van der Waals surface area contributed by atoms with Crippen LogP contribution in [0.15, 0.2) is 69.1 Å². The first-order valence-electron chi connectivity index (χ1n) is 17.9. The Hall–Kier alpha value is -4.00. The molecule has 1 aliphatic rings. The molecule has 240 valence electrons. The second-order valence-electron chi connectivity index (χ2n) is 13.0. The molecule has 6 aromatic rings. The van der Waals surface area contributed by atoms with Gasteiger partial charge in [-0.2, -0.15) is 0 Å². The molecule has 1 aromatic heterocycles. The zero-order chi connectivity index (χ0) is 32.7. The Morgan fingerprint density at radius 3 is 1.62 bits per heavy atom. The Kier molecular flexibility index (Phi) is 8.91. The van der Waals surface area contributed by atoms with Crippen LogP contribution in [-0.4, -0.2) is 0 Å². The van der Waals surface area contributed by atoms with Crippen LogP contribution < -0.4 is 10.4 Å². The SMILES string of the molecule is CCc1cc(CC)c(-c2cc3c(c4c2o[pH]oc2c(-c5c(CC)cc(CC)cc5CC)cc5ccccc5c24)=CCCC=3)c(CC)c1. The van der Waals surface area contributed by atoms with E-state index in [4.69, 9.17) is 8.39 Å². The number of hydrogen-bond donors (Lipinski definition) is 0. The minimum atomic E-state index is -0.143.